The molecular formula is C51H34N4S. The zero-order valence-corrected chi connectivity index (χ0v) is 31.1. The Bertz CT molecular complexity index is 2750. The highest BCUT2D eigenvalue weighted by atomic mass is 32.2. The standard InChI is InChI=1S/C51H34N4S/c1-3-11-33(12-4-1)46-32-47(34-13-5-2-6-14-34)55-50(54-46)38-20-22-49-44(30-38)51(41-17-9-7-15-39(41)40-16-8-10-18-42(40)51)43-29-36(19-21-48(43)56-49)37-25-28-53-45(31-37)35-23-26-52-27-24-35/h1-32,44,49H. The fourth-order valence-corrected chi connectivity index (χ4v) is 10.4. The van der Waals surface area contributed by atoms with Crippen LogP contribution in [0.2, 0.25) is 0 Å². The lowest BCUT2D eigenvalue weighted by atomic mass is 9.61. The minimum Gasteiger partial charge on any atom is -0.265 e. The van der Waals surface area contributed by atoms with Crippen LogP contribution in [0, 0.1) is 5.92 Å². The molecule has 0 saturated carbocycles. The topological polar surface area (TPSA) is 51.6 Å². The third kappa shape index (κ3) is 5.23. The van der Waals surface area contributed by atoms with E-state index in [0.717, 1.165) is 50.7 Å². The molecule has 0 saturated heterocycles. The van der Waals surface area contributed by atoms with Crippen molar-refractivity contribution in [1.29, 1.82) is 0 Å². The monoisotopic (exact) mass is 734 g/mol. The van der Waals surface area contributed by atoms with Crippen molar-refractivity contribution >= 4 is 17.3 Å². The maximum Gasteiger partial charge on any atom is 0.160 e. The van der Waals surface area contributed by atoms with Gasteiger partial charge >= 0.3 is 0 Å². The van der Waals surface area contributed by atoms with Crippen molar-refractivity contribution in [3.63, 3.8) is 0 Å². The van der Waals surface area contributed by atoms with Crippen LogP contribution in [0.4, 0.5) is 0 Å². The lowest BCUT2D eigenvalue weighted by Crippen LogP contribution is -2.44. The van der Waals surface area contributed by atoms with Gasteiger partial charge < -0.3 is 0 Å². The van der Waals surface area contributed by atoms with Crippen LogP contribution in [-0.2, 0) is 5.41 Å². The Hall–Kier alpha value is -6.69. The first-order valence-corrected chi connectivity index (χ1v) is 19.9. The van der Waals surface area contributed by atoms with E-state index in [1.165, 1.54) is 38.3 Å². The molecule has 3 aliphatic rings. The van der Waals surface area contributed by atoms with Gasteiger partial charge in [0.25, 0.3) is 0 Å². The Labute approximate surface area is 330 Å². The Morgan fingerprint density at radius 2 is 1.07 bits per heavy atom. The molecule has 4 nitrogen and oxygen atoms in total. The average Bonchev–Trinajstić information content (AvgIpc) is 3.57. The second-order valence-electron chi connectivity index (χ2n) is 14.6. The summed E-state index contributed by atoms with van der Waals surface area (Å²) in [6.45, 7) is 0. The van der Waals surface area contributed by atoms with Crippen LogP contribution in [0.25, 0.3) is 61.6 Å². The smallest absolute Gasteiger partial charge is 0.160 e. The van der Waals surface area contributed by atoms with Crippen LogP contribution in [0.5, 0.6) is 0 Å². The van der Waals surface area contributed by atoms with Gasteiger partial charge in [-0.15, -0.1) is 11.8 Å². The van der Waals surface area contributed by atoms with Crippen molar-refractivity contribution in [2.75, 3.05) is 0 Å². The van der Waals surface area contributed by atoms with Crippen LogP contribution >= 0.6 is 11.8 Å². The van der Waals surface area contributed by atoms with Gasteiger partial charge in [-0.2, -0.15) is 0 Å². The van der Waals surface area contributed by atoms with E-state index < -0.39 is 5.41 Å². The second kappa shape index (κ2) is 13.3. The molecule has 264 valence electrons. The summed E-state index contributed by atoms with van der Waals surface area (Å²) < 4.78 is 0. The summed E-state index contributed by atoms with van der Waals surface area (Å²) >= 11 is 1.96. The van der Waals surface area contributed by atoms with E-state index in [-0.39, 0.29) is 11.2 Å². The quantitative estimate of drug-likeness (QED) is 0.176. The number of nitrogens with zero attached hydrogens (tertiary/aromatic N) is 4. The largest absolute Gasteiger partial charge is 0.265 e. The van der Waals surface area contributed by atoms with Gasteiger partial charge in [-0.1, -0.05) is 133 Å². The Balaban J connectivity index is 1.13. The molecule has 11 rings (SSSR count). The van der Waals surface area contributed by atoms with E-state index in [4.69, 9.17) is 15.0 Å². The molecule has 56 heavy (non-hydrogen) atoms. The molecule has 5 heteroatoms. The van der Waals surface area contributed by atoms with E-state index >= 15 is 0 Å². The predicted octanol–water partition coefficient (Wildman–Crippen LogP) is 12.0. The van der Waals surface area contributed by atoms with Gasteiger partial charge in [0, 0.05) is 56.9 Å². The summed E-state index contributed by atoms with van der Waals surface area (Å²) in [6.07, 6.45) is 12.7. The summed E-state index contributed by atoms with van der Waals surface area (Å²) in [5.74, 6) is 0.814. The van der Waals surface area contributed by atoms with E-state index in [1.54, 1.807) is 0 Å². The molecule has 4 heterocycles. The van der Waals surface area contributed by atoms with Crippen molar-refractivity contribution in [3.05, 3.63) is 217 Å². The van der Waals surface area contributed by atoms with Crippen LogP contribution < -0.4 is 0 Å². The van der Waals surface area contributed by atoms with Crippen molar-refractivity contribution in [3.8, 4) is 56.0 Å². The number of benzene rings is 5. The van der Waals surface area contributed by atoms with Gasteiger partial charge in [0.1, 0.15) is 0 Å². The molecule has 0 amide bonds. The van der Waals surface area contributed by atoms with Crippen molar-refractivity contribution in [2.24, 2.45) is 5.92 Å². The fraction of sp³-hybridized carbons (Fsp3) is 0.0588. The van der Waals surface area contributed by atoms with Gasteiger partial charge in [0.15, 0.2) is 5.82 Å². The minimum atomic E-state index is -0.454. The molecule has 0 bridgehead atoms. The third-order valence-corrected chi connectivity index (χ3v) is 12.9. The van der Waals surface area contributed by atoms with Crippen molar-refractivity contribution in [2.45, 2.75) is 15.6 Å². The summed E-state index contributed by atoms with van der Waals surface area (Å²) in [7, 11) is 0. The molecule has 0 N–H and O–H groups in total. The van der Waals surface area contributed by atoms with Crippen LogP contribution in [0.15, 0.2) is 199 Å². The molecule has 3 aromatic heterocycles. The van der Waals surface area contributed by atoms with E-state index in [2.05, 4.69) is 157 Å². The zero-order valence-electron chi connectivity index (χ0n) is 30.3. The highest BCUT2D eigenvalue weighted by Gasteiger charge is 2.55. The molecule has 1 spiro atoms. The molecule has 2 aliphatic carbocycles. The van der Waals surface area contributed by atoms with Crippen molar-refractivity contribution < 1.29 is 0 Å². The maximum atomic E-state index is 5.28. The number of fused-ring (bicyclic) bond motifs is 9. The highest BCUT2D eigenvalue weighted by molar-refractivity contribution is 8.00. The number of hydrogen-bond acceptors (Lipinski definition) is 5. The minimum absolute atomic E-state index is 0.0778. The Morgan fingerprint density at radius 1 is 0.482 bits per heavy atom. The number of hydrogen-bond donors (Lipinski definition) is 0. The van der Waals surface area contributed by atoms with Crippen molar-refractivity contribution in [1.82, 2.24) is 19.9 Å². The second-order valence-corrected chi connectivity index (χ2v) is 15.8. The van der Waals surface area contributed by atoms with E-state index in [1.807, 2.05) is 54.6 Å². The Morgan fingerprint density at radius 3 is 1.75 bits per heavy atom. The van der Waals surface area contributed by atoms with Gasteiger partial charge in [0.05, 0.1) is 22.5 Å². The normalized spacial score (nSPS) is 17.0. The Kier molecular flexibility index (Phi) is 7.75. The number of allylic oxidation sites excluding steroid dienone is 3. The molecular weight excluding hydrogens is 701 g/mol. The first-order chi connectivity index (χ1) is 27.7. The lowest BCUT2D eigenvalue weighted by Gasteiger charge is -2.48. The molecule has 8 aromatic rings. The lowest BCUT2D eigenvalue weighted by molar-refractivity contribution is 0.451. The first kappa shape index (κ1) is 32.7. The van der Waals surface area contributed by atoms with Crippen LogP contribution in [0.1, 0.15) is 22.5 Å². The average molecular weight is 735 g/mol. The predicted molar refractivity (Wildman–Crippen MR) is 228 cm³/mol. The summed E-state index contributed by atoms with van der Waals surface area (Å²) in [4.78, 5) is 20.8. The maximum absolute atomic E-state index is 5.28. The molecule has 2 atom stereocenters. The number of rotatable bonds is 5. The van der Waals surface area contributed by atoms with Gasteiger partial charge in [-0.3, -0.25) is 9.97 Å². The molecule has 0 radical (unpaired) electrons. The highest BCUT2D eigenvalue weighted by Crippen LogP contribution is 2.64. The van der Waals surface area contributed by atoms with E-state index in [9.17, 15) is 0 Å². The van der Waals surface area contributed by atoms with Gasteiger partial charge in [-0.05, 0) is 81.4 Å². The number of aromatic nitrogens is 4. The van der Waals surface area contributed by atoms with Gasteiger partial charge in [0.2, 0.25) is 0 Å². The molecule has 1 aliphatic heterocycles. The van der Waals surface area contributed by atoms with Crippen LogP contribution in [0.3, 0.4) is 0 Å². The van der Waals surface area contributed by atoms with Crippen LogP contribution in [-0.4, -0.2) is 25.2 Å². The SMILES string of the molecule is C1=CC2Sc3ccc(-c4ccnc(-c5ccncc5)c4)cc3C3(c4ccccc4-c4ccccc43)C2C=C1c1nc(-c2ccccc2)cc(-c2ccccc2)n1. The summed E-state index contributed by atoms with van der Waals surface area (Å²) in [6, 6.07) is 56.5. The zero-order chi connectivity index (χ0) is 37.1. The van der Waals surface area contributed by atoms with E-state index in [0.29, 0.717) is 0 Å². The first-order valence-electron chi connectivity index (χ1n) is 19.0. The fourth-order valence-electron chi connectivity index (χ4n) is 9.04. The molecule has 5 aromatic carbocycles. The summed E-state index contributed by atoms with van der Waals surface area (Å²) in [5, 5.41) is 0.196. The number of thioether (sulfide) groups is 1. The molecule has 2 unspecified atom stereocenters. The van der Waals surface area contributed by atoms with Gasteiger partial charge in [-0.25, -0.2) is 9.97 Å². The number of pyridine rings is 2. The summed E-state index contributed by atoms with van der Waals surface area (Å²) in [5.41, 5.74) is 15.4. The molecule has 0 fully saturated rings. The third-order valence-electron chi connectivity index (χ3n) is 11.5.